The van der Waals surface area contributed by atoms with Gasteiger partial charge >= 0.3 is 0 Å². The highest BCUT2D eigenvalue weighted by atomic mass is 35.5. The van der Waals surface area contributed by atoms with Crippen molar-refractivity contribution in [1.82, 2.24) is 0 Å². The standard InChI is InChI=1S/C13H17ClO5S/c14-8-3-1-2-7(4-8)6-20-13-12(18)11(17)10(16)9(5-15)19-13/h1-4,9-13,15-18H,5-6H2/t9-,10-,11+,12-,13+/m1/s1. The van der Waals surface area contributed by atoms with E-state index in [2.05, 4.69) is 0 Å². The minimum atomic E-state index is -1.34. The summed E-state index contributed by atoms with van der Waals surface area (Å²) in [5.74, 6) is 0.531. The van der Waals surface area contributed by atoms with Crippen LogP contribution in [-0.4, -0.2) is 56.9 Å². The first-order chi connectivity index (χ1) is 9.52. The van der Waals surface area contributed by atoms with E-state index in [4.69, 9.17) is 21.4 Å². The Balaban J connectivity index is 1.97. The van der Waals surface area contributed by atoms with Gasteiger partial charge in [-0.3, -0.25) is 0 Å². The molecule has 0 unspecified atom stereocenters. The molecular weight excluding hydrogens is 304 g/mol. The van der Waals surface area contributed by atoms with Crippen LogP contribution in [0.3, 0.4) is 0 Å². The van der Waals surface area contributed by atoms with E-state index in [1.165, 1.54) is 11.8 Å². The van der Waals surface area contributed by atoms with Crippen LogP contribution in [-0.2, 0) is 10.5 Å². The number of ether oxygens (including phenoxy) is 1. The van der Waals surface area contributed by atoms with Crippen LogP contribution >= 0.6 is 23.4 Å². The zero-order valence-corrected chi connectivity index (χ0v) is 12.2. The summed E-state index contributed by atoms with van der Waals surface area (Å²) in [5, 5.41) is 39.0. The van der Waals surface area contributed by atoms with E-state index in [-0.39, 0.29) is 0 Å². The van der Waals surface area contributed by atoms with Gasteiger partial charge in [-0.25, -0.2) is 0 Å². The highest BCUT2D eigenvalue weighted by molar-refractivity contribution is 7.99. The fourth-order valence-electron chi connectivity index (χ4n) is 2.01. The van der Waals surface area contributed by atoms with Gasteiger partial charge in [0.15, 0.2) is 0 Å². The molecule has 0 radical (unpaired) electrons. The average Bonchev–Trinajstić information content (AvgIpc) is 2.44. The van der Waals surface area contributed by atoms with Crippen molar-refractivity contribution in [1.29, 1.82) is 0 Å². The fraction of sp³-hybridized carbons (Fsp3) is 0.538. The molecule has 2 rings (SSSR count). The van der Waals surface area contributed by atoms with Gasteiger partial charge < -0.3 is 25.2 Å². The van der Waals surface area contributed by atoms with Gasteiger partial charge in [-0.2, -0.15) is 0 Å². The van der Waals surface area contributed by atoms with Gasteiger partial charge in [0.1, 0.15) is 29.9 Å². The van der Waals surface area contributed by atoms with E-state index < -0.39 is 36.5 Å². The maximum absolute atomic E-state index is 9.89. The molecular formula is C13H17ClO5S. The average molecular weight is 321 g/mol. The van der Waals surface area contributed by atoms with Crippen molar-refractivity contribution in [3.63, 3.8) is 0 Å². The van der Waals surface area contributed by atoms with Gasteiger partial charge in [-0.1, -0.05) is 23.7 Å². The number of halogens is 1. The summed E-state index contributed by atoms with van der Waals surface area (Å²) in [7, 11) is 0. The van der Waals surface area contributed by atoms with Crippen molar-refractivity contribution < 1.29 is 25.2 Å². The molecule has 0 spiro atoms. The lowest BCUT2D eigenvalue weighted by atomic mass is 10.0. The van der Waals surface area contributed by atoms with E-state index in [0.29, 0.717) is 10.8 Å². The second-order valence-corrected chi connectivity index (χ2v) is 6.16. The van der Waals surface area contributed by atoms with Gasteiger partial charge in [-0.15, -0.1) is 11.8 Å². The number of aliphatic hydroxyl groups is 4. The molecule has 0 saturated carbocycles. The quantitative estimate of drug-likeness (QED) is 0.641. The zero-order chi connectivity index (χ0) is 14.7. The Morgan fingerprint density at radius 1 is 1.15 bits per heavy atom. The van der Waals surface area contributed by atoms with Crippen LogP contribution in [0.25, 0.3) is 0 Å². The second kappa shape index (κ2) is 7.09. The molecule has 0 aromatic heterocycles. The Kier molecular flexibility index (Phi) is 5.68. The van der Waals surface area contributed by atoms with Crippen LogP contribution in [0.15, 0.2) is 24.3 Å². The predicted octanol–water partition coefficient (Wildman–Crippen LogP) is 0.373. The van der Waals surface area contributed by atoms with Crippen LogP contribution in [0, 0.1) is 0 Å². The molecule has 1 saturated heterocycles. The third-order valence-electron chi connectivity index (χ3n) is 3.15. The van der Waals surface area contributed by atoms with Gasteiger partial charge in [-0.05, 0) is 17.7 Å². The Morgan fingerprint density at radius 3 is 2.55 bits per heavy atom. The topological polar surface area (TPSA) is 90.2 Å². The van der Waals surface area contributed by atoms with Crippen LogP contribution in [0.5, 0.6) is 0 Å². The second-order valence-electron chi connectivity index (χ2n) is 4.64. The smallest absolute Gasteiger partial charge is 0.132 e. The molecule has 1 fully saturated rings. The maximum Gasteiger partial charge on any atom is 0.132 e. The van der Waals surface area contributed by atoms with Crippen molar-refractivity contribution >= 4 is 23.4 Å². The van der Waals surface area contributed by atoms with E-state index in [1.807, 2.05) is 12.1 Å². The number of rotatable bonds is 4. The third-order valence-corrected chi connectivity index (χ3v) is 4.61. The van der Waals surface area contributed by atoms with Crippen molar-refractivity contribution in [2.75, 3.05) is 6.61 Å². The van der Waals surface area contributed by atoms with Crippen molar-refractivity contribution in [3.05, 3.63) is 34.9 Å². The third kappa shape index (κ3) is 3.65. The van der Waals surface area contributed by atoms with Gasteiger partial charge in [0.25, 0.3) is 0 Å². The Morgan fingerprint density at radius 2 is 1.90 bits per heavy atom. The molecule has 20 heavy (non-hydrogen) atoms. The summed E-state index contributed by atoms with van der Waals surface area (Å²) in [4.78, 5) is 0. The molecule has 0 aliphatic carbocycles. The van der Waals surface area contributed by atoms with Crippen molar-refractivity contribution in [2.45, 2.75) is 35.6 Å². The molecule has 5 nitrogen and oxygen atoms in total. The van der Waals surface area contributed by atoms with Crippen LogP contribution in [0.2, 0.25) is 5.02 Å². The molecule has 7 heteroatoms. The molecule has 112 valence electrons. The molecule has 1 aromatic carbocycles. The largest absolute Gasteiger partial charge is 0.394 e. The Hall–Kier alpha value is -0.340. The number of benzene rings is 1. The van der Waals surface area contributed by atoms with E-state index >= 15 is 0 Å². The maximum atomic E-state index is 9.89. The molecule has 1 aliphatic rings. The highest BCUT2D eigenvalue weighted by Crippen LogP contribution is 2.30. The Labute approximate surface area is 126 Å². The summed E-state index contributed by atoms with van der Waals surface area (Å²) in [5.41, 5.74) is 0.240. The normalized spacial score (nSPS) is 34.1. The lowest BCUT2D eigenvalue weighted by molar-refractivity contribution is -0.205. The fourth-order valence-corrected chi connectivity index (χ4v) is 3.34. The van der Waals surface area contributed by atoms with Crippen molar-refractivity contribution in [3.8, 4) is 0 Å². The van der Waals surface area contributed by atoms with Crippen LogP contribution in [0.1, 0.15) is 5.56 Å². The number of thioether (sulfide) groups is 1. The summed E-state index contributed by atoms with van der Waals surface area (Å²) in [6, 6.07) is 7.29. The van der Waals surface area contributed by atoms with E-state index in [9.17, 15) is 15.3 Å². The number of hydrogen-bond donors (Lipinski definition) is 4. The minimum absolute atomic E-state index is 0.417. The summed E-state index contributed by atoms with van der Waals surface area (Å²) < 4.78 is 5.40. The van der Waals surface area contributed by atoms with Gasteiger partial charge in [0, 0.05) is 10.8 Å². The molecule has 1 aromatic rings. The highest BCUT2D eigenvalue weighted by Gasteiger charge is 2.43. The lowest BCUT2D eigenvalue weighted by Crippen LogP contribution is -2.57. The monoisotopic (exact) mass is 320 g/mol. The summed E-state index contributed by atoms with van der Waals surface area (Å²) >= 11 is 7.17. The lowest BCUT2D eigenvalue weighted by Gasteiger charge is -2.39. The van der Waals surface area contributed by atoms with Gasteiger partial charge in [0.05, 0.1) is 6.61 Å². The molecule has 1 heterocycles. The zero-order valence-electron chi connectivity index (χ0n) is 10.6. The van der Waals surface area contributed by atoms with Crippen LogP contribution < -0.4 is 0 Å². The molecule has 4 N–H and O–H groups in total. The predicted molar refractivity (Wildman–Crippen MR) is 76.5 cm³/mol. The number of aliphatic hydroxyl groups excluding tert-OH is 4. The first-order valence-corrected chi connectivity index (χ1v) is 7.62. The summed E-state index contributed by atoms with van der Waals surface area (Å²) in [6.45, 7) is -0.417. The first-order valence-electron chi connectivity index (χ1n) is 6.19. The van der Waals surface area contributed by atoms with Gasteiger partial charge in [0.2, 0.25) is 0 Å². The molecule has 5 atom stereocenters. The van der Waals surface area contributed by atoms with E-state index in [0.717, 1.165) is 5.56 Å². The summed E-state index contributed by atoms with van der Waals surface area (Å²) in [6.07, 6.45) is -4.74. The molecule has 0 bridgehead atoms. The van der Waals surface area contributed by atoms with E-state index in [1.54, 1.807) is 12.1 Å². The first kappa shape index (κ1) is 16.0. The Bertz CT molecular complexity index is 445. The molecule has 1 aliphatic heterocycles. The van der Waals surface area contributed by atoms with Crippen LogP contribution in [0.4, 0.5) is 0 Å². The molecule has 0 amide bonds. The number of hydrogen-bond acceptors (Lipinski definition) is 6. The SMILES string of the molecule is OC[C@H]1O[C@@H](SCc2cccc(Cl)c2)[C@H](O)[C@@H](O)[C@@H]1O. The minimum Gasteiger partial charge on any atom is -0.394 e. The van der Waals surface area contributed by atoms with Crippen molar-refractivity contribution in [2.24, 2.45) is 0 Å².